The number of hydrogen-bond donors (Lipinski definition) is 0. The number of benzene rings is 2. The monoisotopic (exact) mass is 395 g/mol. The molecule has 1 atom stereocenters. The molecule has 0 N–H and O–H groups in total. The molecule has 0 radical (unpaired) electrons. The summed E-state index contributed by atoms with van der Waals surface area (Å²) >= 11 is 0. The van der Waals surface area contributed by atoms with Gasteiger partial charge in [-0.3, -0.25) is 4.79 Å². The molecule has 3 aromatic rings. The van der Waals surface area contributed by atoms with Crippen molar-refractivity contribution in [1.29, 1.82) is 0 Å². The van der Waals surface area contributed by atoms with Crippen LogP contribution in [0.25, 0.3) is 10.9 Å². The molecular formula is C20H17F4NO3. The van der Waals surface area contributed by atoms with Gasteiger partial charge in [0.05, 0.1) is 18.3 Å². The van der Waals surface area contributed by atoms with E-state index in [0.717, 1.165) is 29.9 Å². The number of fused-ring (bicyclic) bond motifs is 1. The van der Waals surface area contributed by atoms with Gasteiger partial charge in [-0.05, 0) is 43.7 Å². The standard InChI is InChI=1S/C20H17F4NO3/c1-9-7-13-16(8-15(9)22)25(10(2)18(13)28-11(3)26)20(24)12-5-6-14(21)19(27-4)17(12)23/h5-8,20H,1-4H3. The van der Waals surface area contributed by atoms with Gasteiger partial charge in [-0.2, -0.15) is 0 Å². The average molecular weight is 395 g/mol. The first-order valence-electron chi connectivity index (χ1n) is 8.32. The van der Waals surface area contributed by atoms with Crippen LogP contribution in [0, 0.1) is 31.3 Å². The van der Waals surface area contributed by atoms with E-state index in [2.05, 4.69) is 4.74 Å². The van der Waals surface area contributed by atoms with Gasteiger partial charge in [0, 0.05) is 17.9 Å². The first-order valence-corrected chi connectivity index (χ1v) is 8.32. The number of halogens is 4. The number of aryl methyl sites for hydroxylation is 1. The lowest BCUT2D eigenvalue weighted by Gasteiger charge is -2.17. The third-order valence-corrected chi connectivity index (χ3v) is 4.48. The highest BCUT2D eigenvalue weighted by Crippen LogP contribution is 2.40. The number of carbonyl (C=O) groups is 1. The van der Waals surface area contributed by atoms with Crippen molar-refractivity contribution in [3.05, 3.63) is 58.5 Å². The summed E-state index contributed by atoms with van der Waals surface area (Å²) in [6.07, 6.45) is -2.15. The Morgan fingerprint density at radius 1 is 1.07 bits per heavy atom. The van der Waals surface area contributed by atoms with Crippen molar-refractivity contribution in [3.63, 3.8) is 0 Å². The second kappa shape index (κ2) is 7.18. The Balaban J connectivity index is 2.30. The molecule has 0 aliphatic heterocycles. The van der Waals surface area contributed by atoms with Gasteiger partial charge in [0.25, 0.3) is 0 Å². The van der Waals surface area contributed by atoms with E-state index in [1.165, 1.54) is 26.8 Å². The zero-order valence-corrected chi connectivity index (χ0v) is 15.6. The molecule has 148 valence electrons. The van der Waals surface area contributed by atoms with Crippen molar-refractivity contribution in [2.24, 2.45) is 0 Å². The van der Waals surface area contributed by atoms with E-state index in [9.17, 15) is 18.0 Å². The fourth-order valence-corrected chi connectivity index (χ4v) is 3.16. The molecule has 0 bridgehead atoms. The molecule has 1 unspecified atom stereocenters. The molecule has 0 fully saturated rings. The molecule has 4 nitrogen and oxygen atoms in total. The summed E-state index contributed by atoms with van der Waals surface area (Å²) in [5, 5.41) is 0.295. The molecule has 0 amide bonds. The highest BCUT2D eigenvalue weighted by atomic mass is 19.2. The van der Waals surface area contributed by atoms with Crippen LogP contribution in [-0.4, -0.2) is 17.6 Å². The molecule has 2 aromatic carbocycles. The molecule has 3 rings (SSSR count). The molecule has 0 saturated heterocycles. The van der Waals surface area contributed by atoms with Gasteiger partial charge >= 0.3 is 5.97 Å². The minimum absolute atomic E-state index is 0.0442. The normalized spacial score (nSPS) is 12.3. The summed E-state index contributed by atoms with van der Waals surface area (Å²) in [4.78, 5) is 11.5. The summed E-state index contributed by atoms with van der Waals surface area (Å²) in [6.45, 7) is 4.14. The van der Waals surface area contributed by atoms with Crippen molar-refractivity contribution in [1.82, 2.24) is 4.57 Å². The Morgan fingerprint density at radius 3 is 2.36 bits per heavy atom. The number of carbonyl (C=O) groups excluding carboxylic acids is 1. The molecule has 1 aromatic heterocycles. The first-order chi connectivity index (χ1) is 13.2. The topological polar surface area (TPSA) is 40.5 Å². The van der Waals surface area contributed by atoms with Gasteiger partial charge in [-0.25, -0.2) is 17.6 Å². The minimum atomic E-state index is -2.15. The number of rotatable bonds is 4. The Kier molecular flexibility index (Phi) is 5.06. The van der Waals surface area contributed by atoms with E-state index >= 15 is 4.39 Å². The van der Waals surface area contributed by atoms with E-state index in [1.807, 2.05) is 0 Å². The fourth-order valence-electron chi connectivity index (χ4n) is 3.16. The third-order valence-electron chi connectivity index (χ3n) is 4.48. The summed E-state index contributed by atoms with van der Waals surface area (Å²) in [5.41, 5.74) is -0.0332. The molecular weight excluding hydrogens is 378 g/mol. The van der Waals surface area contributed by atoms with E-state index in [0.29, 0.717) is 5.39 Å². The van der Waals surface area contributed by atoms with Crippen molar-refractivity contribution in [2.45, 2.75) is 27.1 Å². The Morgan fingerprint density at radius 2 is 1.75 bits per heavy atom. The van der Waals surface area contributed by atoms with Crippen LogP contribution in [0.2, 0.25) is 0 Å². The summed E-state index contributed by atoms with van der Waals surface area (Å²) in [6, 6.07) is 4.32. The van der Waals surface area contributed by atoms with Gasteiger partial charge in [-0.1, -0.05) is 0 Å². The lowest BCUT2D eigenvalue weighted by molar-refractivity contribution is -0.131. The third kappa shape index (κ3) is 3.08. The van der Waals surface area contributed by atoms with Crippen LogP contribution in [0.15, 0.2) is 24.3 Å². The lowest BCUT2D eigenvalue weighted by atomic mass is 10.1. The second-order valence-corrected chi connectivity index (χ2v) is 6.32. The Hall–Kier alpha value is -3.03. The quantitative estimate of drug-likeness (QED) is 0.455. The van der Waals surface area contributed by atoms with Crippen LogP contribution in [-0.2, 0) is 4.79 Å². The number of alkyl halides is 1. The molecule has 0 spiro atoms. The number of hydrogen-bond acceptors (Lipinski definition) is 3. The molecule has 0 aliphatic rings. The number of aromatic nitrogens is 1. The number of nitrogens with zero attached hydrogens (tertiary/aromatic N) is 1. The highest BCUT2D eigenvalue weighted by Gasteiger charge is 2.28. The van der Waals surface area contributed by atoms with Crippen LogP contribution in [0.5, 0.6) is 11.5 Å². The van der Waals surface area contributed by atoms with Crippen molar-refractivity contribution >= 4 is 16.9 Å². The molecule has 28 heavy (non-hydrogen) atoms. The van der Waals surface area contributed by atoms with Crippen LogP contribution in [0.1, 0.15) is 30.0 Å². The molecule has 0 aliphatic carbocycles. The summed E-state index contributed by atoms with van der Waals surface area (Å²) < 4.78 is 68.7. The van der Waals surface area contributed by atoms with Crippen molar-refractivity contribution in [3.8, 4) is 11.5 Å². The fraction of sp³-hybridized carbons (Fsp3) is 0.250. The Bertz CT molecular complexity index is 1090. The number of ether oxygens (including phenoxy) is 2. The smallest absolute Gasteiger partial charge is 0.308 e. The average Bonchev–Trinajstić information content (AvgIpc) is 2.86. The van der Waals surface area contributed by atoms with Gasteiger partial charge in [0.2, 0.25) is 6.30 Å². The van der Waals surface area contributed by atoms with Crippen molar-refractivity contribution in [2.75, 3.05) is 7.11 Å². The van der Waals surface area contributed by atoms with Crippen LogP contribution in [0.3, 0.4) is 0 Å². The Labute approximate surface area is 158 Å². The zero-order chi connectivity index (χ0) is 20.7. The van der Waals surface area contributed by atoms with Crippen molar-refractivity contribution < 1.29 is 31.8 Å². The summed E-state index contributed by atoms with van der Waals surface area (Å²) in [5.74, 6) is -4.12. The van der Waals surface area contributed by atoms with E-state index in [4.69, 9.17) is 4.74 Å². The maximum absolute atomic E-state index is 15.4. The lowest BCUT2D eigenvalue weighted by Crippen LogP contribution is -2.11. The maximum atomic E-state index is 15.4. The molecule has 0 saturated carbocycles. The van der Waals surface area contributed by atoms with E-state index < -0.39 is 41.0 Å². The first kappa shape index (κ1) is 19.7. The zero-order valence-electron chi connectivity index (χ0n) is 15.6. The van der Waals surface area contributed by atoms with Gasteiger partial charge in [0.15, 0.2) is 23.1 Å². The SMILES string of the molecule is COc1c(F)ccc(C(F)n2c(C)c(OC(C)=O)c3cc(C)c(F)cc32)c1F. The van der Waals surface area contributed by atoms with Crippen LogP contribution < -0.4 is 9.47 Å². The van der Waals surface area contributed by atoms with Gasteiger partial charge in [-0.15, -0.1) is 0 Å². The second-order valence-electron chi connectivity index (χ2n) is 6.32. The number of esters is 1. The summed E-state index contributed by atoms with van der Waals surface area (Å²) in [7, 11) is 1.06. The molecule has 1 heterocycles. The number of methoxy groups -OCH3 is 1. The van der Waals surface area contributed by atoms with E-state index in [-0.39, 0.29) is 22.5 Å². The molecule has 8 heteroatoms. The predicted octanol–water partition coefficient (Wildman–Crippen LogP) is 5.13. The van der Waals surface area contributed by atoms with Gasteiger partial charge < -0.3 is 14.0 Å². The largest absolute Gasteiger partial charge is 0.491 e. The van der Waals surface area contributed by atoms with Crippen LogP contribution in [0.4, 0.5) is 17.6 Å². The van der Waals surface area contributed by atoms with E-state index in [1.54, 1.807) is 0 Å². The predicted molar refractivity (Wildman–Crippen MR) is 94.8 cm³/mol. The van der Waals surface area contributed by atoms with Gasteiger partial charge in [0.1, 0.15) is 5.82 Å². The minimum Gasteiger partial charge on any atom is -0.491 e. The maximum Gasteiger partial charge on any atom is 0.308 e. The van der Waals surface area contributed by atoms with Crippen LogP contribution >= 0.6 is 0 Å². The highest BCUT2D eigenvalue weighted by molar-refractivity contribution is 5.91.